The van der Waals surface area contributed by atoms with Crippen molar-refractivity contribution in [3.8, 4) is 0 Å². The van der Waals surface area contributed by atoms with E-state index in [1.807, 2.05) is 9.80 Å². The fraction of sp³-hybridized carbons (Fsp3) is 0.500. The summed E-state index contributed by atoms with van der Waals surface area (Å²) in [6.07, 6.45) is 6.11. The molecule has 1 aromatic carbocycles. The average molecular weight is 409 g/mol. The van der Waals surface area contributed by atoms with Gasteiger partial charge in [0, 0.05) is 23.4 Å². The second kappa shape index (κ2) is 7.60. The summed E-state index contributed by atoms with van der Waals surface area (Å²) in [7, 11) is 0. The first-order chi connectivity index (χ1) is 14.1. The quantitative estimate of drug-likeness (QED) is 0.739. The van der Waals surface area contributed by atoms with E-state index in [-0.39, 0.29) is 36.4 Å². The van der Waals surface area contributed by atoms with Crippen molar-refractivity contribution in [3.63, 3.8) is 0 Å². The average Bonchev–Trinajstić information content (AvgIpc) is 3.40. The zero-order chi connectivity index (χ0) is 20.0. The molecule has 2 aromatic rings. The number of aryl methyl sites for hydroxylation is 1. The summed E-state index contributed by atoms with van der Waals surface area (Å²) in [5.41, 5.74) is 3.66. The Kier molecular flexibility index (Phi) is 4.94. The predicted octanol–water partition coefficient (Wildman–Crippen LogP) is 4.32. The number of hydrogen-bond donors (Lipinski definition) is 0. The Morgan fingerprint density at radius 3 is 2.59 bits per heavy atom. The SMILES string of the molecule is Cc1ccccc1C1c2ccsc2CCN1C(=O)CN(C(=O)C1CCC1)C1CC1. The third-order valence-corrected chi connectivity index (χ3v) is 7.80. The van der Waals surface area contributed by atoms with Gasteiger partial charge in [-0.3, -0.25) is 9.59 Å². The van der Waals surface area contributed by atoms with E-state index in [1.54, 1.807) is 11.3 Å². The summed E-state index contributed by atoms with van der Waals surface area (Å²) in [6, 6.07) is 10.8. The minimum absolute atomic E-state index is 0.0430. The number of carbonyl (C=O) groups is 2. The highest BCUT2D eigenvalue weighted by Crippen LogP contribution is 2.40. The van der Waals surface area contributed by atoms with E-state index in [9.17, 15) is 9.59 Å². The fourth-order valence-electron chi connectivity index (χ4n) is 4.71. The van der Waals surface area contributed by atoms with Crippen molar-refractivity contribution in [1.29, 1.82) is 0 Å². The highest BCUT2D eigenvalue weighted by molar-refractivity contribution is 7.10. The number of hydrogen-bond acceptors (Lipinski definition) is 3. The largest absolute Gasteiger partial charge is 0.330 e. The molecule has 1 unspecified atom stereocenters. The van der Waals surface area contributed by atoms with Crippen LogP contribution in [0.5, 0.6) is 0 Å². The van der Waals surface area contributed by atoms with Crippen LogP contribution >= 0.6 is 11.3 Å². The molecule has 4 nitrogen and oxygen atoms in total. The van der Waals surface area contributed by atoms with Gasteiger partial charge < -0.3 is 9.80 Å². The number of amides is 2. The standard InChI is InChI=1S/C24H28N2O2S/c1-16-5-2-3-8-19(16)23-20-12-14-29-21(20)11-13-25(23)22(27)15-26(18-9-10-18)24(28)17-6-4-7-17/h2-3,5,8,12,14,17-18,23H,4,6-7,9-11,13,15H2,1H3. The molecule has 2 amide bonds. The van der Waals surface area contributed by atoms with Crippen molar-refractivity contribution >= 4 is 23.2 Å². The summed E-state index contributed by atoms with van der Waals surface area (Å²) >= 11 is 1.79. The molecule has 2 heterocycles. The number of thiophene rings is 1. The maximum Gasteiger partial charge on any atom is 0.243 e. The lowest BCUT2D eigenvalue weighted by molar-refractivity contribution is -0.146. The molecule has 5 heteroatoms. The Labute approximate surface area is 176 Å². The molecule has 0 spiro atoms. The van der Waals surface area contributed by atoms with E-state index in [0.29, 0.717) is 0 Å². The van der Waals surface area contributed by atoms with Gasteiger partial charge in [0.15, 0.2) is 0 Å². The summed E-state index contributed by atoms with van der Waals surface area (Å²) in [5, 5.41) is 2.14. The van der Waals surface area contributed by atoms with Gasteiger partial charge in [0.05, 0.1) is 6.04 Å². The molecular formula is C24H28N2O2S. The van der Waals surface area contributed by atoms with Gasteiger partial charge in [0.25, 0.3) is 0 Å². The zero-order valence-corrected chi connectivity index (χ0v) is 17.8. The van der Waals surface area contributed by atoms with Crippen molar-refractivity contribution in [3.05, 3.63) is 57.3 Å². The number of fused-ring (bicyclic) bond motifs is 1. The van der Waals surface area contributed by atoms with Crippen LogP contribution in [0.15, 0.2) is 35.7 Å². The van der Waals surface area contributed by atoms with E-state index in [1.165, 1.54) is 21.6 Å². The van der Waals surface area contributed by atoms with E-state index >= 15 is 0 Å². The lowest BCUT2D eigenvalue weighted by Crippen LogP contribution is -2.49. The van der Waals surface area contributed by atoms with Crippen molar-refractivity contribution < 1.29 is 9.59 Å². The normalized spacial score (nSPS) is 21.4. The molecule has 1 aliphatic heterocycles. The number of nitrogens with zero attached hydrogens (tertiary/aromatic N) is 2. The zero-order valence-electron chi connectivity index (χ0n) is 17.0. The molecule has 152 valence electrons. The van der Waals surface area contributed by atoms with E-state index in [4.69, 9.17) is 0 Å². The van der Waals surface area contributed by atoms with Gasteiger partial charge in [-0.05, 0) is 67.2 Å². The molecule has 0 radical (unpaired) electrons. The van der Waals surface area contributed by atoms with Crippen molar-refractivity contribution in [2.24, 2.45) is 5.92 Å². The van der Waals surface area contributed by atoms with Crippen LogP contribution in [0.2, 0.25) is 0 Å². The smallest absolute Gasteiger partial charge is 0.243 e. The monoisotopic (exact) mass is 408 g/mol. The van der Waals surface area contributed by atoms with Crippen LogP contribution in [0.25, 0.3) is 0 Å². The predicted molar refractivity (Wildman–Crippen MR) is 115 cm³/mol. The first-order valence-corrected chi connectivity index (χ1v) is 11.7. The topological polar surface area (TPSA) is 40.6 Å². The minimum atomic E-state index is -0.0430. The van der Waals surface area contributed by atoms with E-state index in [0.717, 1.165) is 45.1 Å². The molecule has 5 rings (SSSR count). The third kappa shape index (κ3) is 3.50. The molecule has 0 saturated heterocycles. The molecular weight excluding hydrogens is 380 g/mol. The number of benzene rings is 1. The number of carbonyl (C=O) groups excluding carboxylic acids is 2. The molecule has 2 aliphatic carbocycles. The van der Waals surface area contributed by atoms with Gasteiger partial charge in [0.2, 0.25) is 11.8 Å². The van der Waals surface area contributed by atoms with Gasteiger partial charge in [-0.2, -0.15) is 0 Å². The summed E-state index contributed by atoms with van der Waals surface area (Å²) in [4.78, 5) is 31.8. The van der Waals surface area contributed by atoms with Crippen LogP contribution in [0.1, 0.15) is 59.7 Å². The lowest BCUT2D eigenvalue weighted by Gasteiger charge is -2.39. The Bertz CT molecular complexity index is 928. The summed E-state index contributed by atoms with van der Waals surface area (Å²) in [5.74, 6) is 0.461. The van der Waals surface area contributed by atoms with Gasteiger partial charge >= 0.3 is 0 Å². The van der Waals surface area contributed by atoms with Gasteiger partial charge in [-0.25, -0.2) is 0 Å². The first-order valence-electron chi connectivity index (χ1n) is 10.8. The van der Waals surface area contributed by atoms with Crippen molar-refractivity contribution in [1.82, 2.24) is 9.80 Å². The van der Waals surface area contributed by atoms with Gasteiger partial charge in [-0.15, -0.1) is 11.3 Å². The van der Waals surface area contributed by atoms with Crippen LogP contribution < -0.4 is 0 Å². The van der Waals surface area contributed by atoms with Crippen LogP contribution in [0.4, 0.5) is 0 Å². The van der Waals surface area contributed by atoms with Crippen LogP contribution in [-0.4, -0.2) is 40.7 Å². The Balaban J connectivity index is 1.43. The van der Waals surface area contributed by atoms with Crippen LogP contribution in [-0.2, 0) is 16.0 Å². The maximum atomic E-state index is 13.5. The highest BCUT2D eigenvalue weighted by atomic mass is 32.1. The molecule has 29 heavy (non-hydrogen) atoms. The van der Waals surface area contributed by atoms with E-state index < -0.39 is 0 Å². The summed E-state index contributed by atoms with van der Waals surface area (Å²) < 4.78 is 0. The van der Waals surface area contributed by atoms with Crippen LogP contribution in [0, 0.1) is 12.8 Å². The van der Waals surface area contributed by atoms with Crippen molar-refractivity contribution in [2.45, 2.75) is 57.5 Å². The lowest BCUT2D eigenvalue weighted by atomic mass is 9.84. The molecule has 0 N–H and O–H groups in total. The Morgan fingerprint density at radius 2 is 1.90 bits per heavy atom. The second-order valence-corrected chi connectivity index (χ2v) is 9.72. The van der Waals surface area contributed by atoms with Gasteiger partial charge in [-0.1, -0.05) is 30.7 Å². The second-order valence-electron chi connectivity index (χ2n) is 8.72. The minimum Gasteiger partial charge on any atom is -0.330 e. The highest BCUT2D eigenvalue weighted by Gasteiger charge is 2.41. The number of rotatable bonds is 5. The molecule has 2 saturated carbocycles. The first kappa shape index (κ1) is 18.9. The van der Waals surface area contributed by atoms with Crippen molar-refractivity contribution in [2.75, 3.05) is 13.1 Å². The Morgan fingerprint density at radius 1 is 1.10 bits per heavy atom. The van der Waals surface area contributed by atoms with E-state index in [2.05, 4.69) is 42.6 Å². The fourth-order valence-corrected chi connectivity index (χ4v) is 5.62. The summed E-state index contributed by atoms with van der Waals surface area (Å²) in [6.45, 7) is 3.08. The van der Waals surface area contributed by atoms with Crippen LogP contribution in [0.3, 0.4) is 0 Å². The van der Waals surface area contributed by atoms with Gasteiger partial charge in [0.1, 0.15) is 6.54 Å². The molecule has 2 fully saturated rings. The molecule has 1 atom stereocenters. The molecule has 3 aliphatic rings. The molecule has 1 aromatic heterocycles. The maximum absolute atomic E-state index is 13.5. The third-order valence-electron chi connectivity index (χ3n) is 6.80. The Hall–Kier alpha value is -2.14. The molecule has 0 bridgehead atoms.